The highest BCUT2D eigenvalue weighted by molar-refractivity contribution is 8.01. The minimum absolute atomic E-state index is 0.0577. The van der Waals surface area contributed by atoms with Gasteiger partial charge in [0, 0.05) is 4.90 Å². The lowest BCUT2D eigenvalue weighted by Gasteiger charge is -2.36. The number of carbonyl (C=O) groups is 1. The predicted molar refractivity (Wildman–Crippen MR) is 64.7 cm³/mol. The molecule has 0 saturated heterocycles. The third-order valence-corrected chi connectivity index (χ3v) is 3.86. The van der Waals surface area contributed by atoms with Crippen LogP contribution in [0.1, 0.15) is 6.92 Å². The molecule has 82 valence electrons. The summed E-state index contributed by atoms with van der Waals surface area (Å²) in [7, 11) is 0. The lowest BCUT2D eigenvalue weighted by atomic mass is 10.2. The van der Waals surface area contributed by atoms with E-state index in [0.717, 1.165) is 11.5 Å². The number of nitrogens with one attached hydrogen (secondary N) is 1. The minimum atomic E-state index is -0.0577. The normalized spacial score (nSPS) is 23.1. The molecule has 0 spiro atoms. The number of thioether (sulfide) groups is 1. The molecule has 1 unspecified atom stereocenters. The Morgan fingerprint density at radius 1 is 1.50 bits per heavy atom. The minimum Gasteiger partial charge on any atom is -0.317 e. The molecule has 0 aromatic heterocycles. The van der Waals surface area contributed by atoms with Crippen molar-refractivity contribution >= 4 is 29.2 Å². The molecule has 1 atom stereocenters. The van der Waals surface area contributed by atoms with E-state index < -0.39 is 0 Å². The maximum atomic E-state index is 11.4. The van der Waals surface area contributed by atoms with Crippen molar-refractivity contribution in [3.05, 3.63) is 24.3 Å². The van der Waals surface area contributed by atoms with Crippen molar-refractivity contribution < 1.29 is 4.79 Å². The van der Waals surface area contributed by atoms with Gasteiger partial charge in [0.25, 0.3) is 5.91 Å². The van der Waals surface area contributed by atoms with Gasteiger partial charge in [-0.2, -0.15) is 5.10 Å². The van der Waals surface area contributed by atoms with Gasteiger partial charge in [0.15, 0.2) is 0 Å². The summed E-state index contributed by atoms with van der Waals surface area (Å²) in [6.07, 6.45) is 0. The number of hydrazone groups is 1. The zero-order valence-electron chi connectivity index (χ0n) is 8.80. The second-order valence-electron chi connectivity index (χ2n) is 3.82. The van der Waals surface area contributed by atoms with Crippen molar-refractivity contribution in [2.75, 3.05) is 11.4 Å². The first-order valence-electron chi connectivity index (χ1n) is 5.15. The van der Waals surface area contributed by atoms with E-state index in [9.17, 15) is 4.79 Å². The molecule has 3 rings (SSSR count). The molecule has 0 fully saturated rings. The number of carbonyl (C=O) groups excluding carboxylic acids is 1. The first-order chi connectivity index (χ1) is 7.75. The van der Waals surface area contributed by atoms with E-state index >= 15 is 0 Å². The van der Waals surface area contributed by atoms with Crippen LogP contribution in [-0.2, 0) is 4.79 Å². The number of benzene rings is 1. The number of amidine groups is 1. The van der Waals surface area contributed by atoms with Gasteiger partial charge < -0.3 is 4.90 Å². The molecule has 0 saturated carbocycles. The maximum Gasteiger partial charge on any atom is 0.260 e. The summed E-state index contributed by atoms with van der Waals surface area (Å²) >= 11 is 1.78. The summed E-state index contributed by atoms with van der Waals surface area (Å²) in [5.74, 6) is 0.876. The molecule has 1 N–H and O–H groups in total. The number of hydrogen-bond acceptors (Lipinski definition) is 4. The Balaban J connectivity index is 2.12. The van der Waals surface area contributed by atoms with Crippen LogP contribution in [0.25, 0.3) is 0 Å². The van der Waals surface area contributed by atoms with E-state index in [1.54, 1.807) is 11.8 Å². The molecule has 1 amide bonds. The van der Waals surface area contributed by atoms with Crippen LogP contribution >= 0.6 is 11.8 Å². The van der Waals surface area contributed by atoms with Gasteiger partial charge in [0.1, 0.15) is 12.4 Å². The summed E-state index contributed by atoms with van der Waals surface area (Å²) in [6.45, 7) is 2.46. The molecule has 0 aliphatic carbocycles. The predicted octanol–water partition coefficient (Wildman–Crippen LogP) is 1.43. The summed E-state index contributed by atoms with van der Waals surface area (Å²) in [6, 6.07) is 8.12. The van der Waals surface area contributed by atoms with Gasteiger partial charge in [-0.05, 0) is 19.1 Å². The maximum absolute atomic E-state index is 11.4. The van der Waals surface area contributed by atoms with Gasteiger partial charge in [-0.25, -0.2) is 5.43 Å². The van der Waals surface area contributed by atoms with Crippen LogP contribution in [0.5, 0.6) is 0 Å². The molecule has 4 nitrogen and oxygen atoms in total. The van der Waals surface area contributed by atoms with Gasteiger partial charge >= 0.3 is 0 Å². The quantitative estimate of drug-likeness (QED) is 0.737. The van der Waals surface area contributed by atoms with Crippen LogP contribution in [0.2, 0.25) is 0 Å². The van der Waals surface area contributed by atoms with Crippen LogP contribution in [0, 0.1) is 0 Å². The van der Waals surface area contributed by atoms with Crippen LogP contribution in [0.4, 0.5) is 5.69 Å². The van der Waals surface area contributed by atoms with Gasteiger partial charge in [-0.3, -0.25) is 4.79 Å². The molecule has 1 aromatic rings. The van der Waals surface area contributed by atoms with Crippen LogP contribution in [0.15, 0.2) is 34.3 Å². The van der Waals surface area contributed by atoms with Crippen molar-refractivity contribution in [2.45, 2.75) is 17.1 Å². The van der Waals surface area contributed by atoms with Crippen LogP contribution < -0.4 is 10.3 Å². The number of anilines is 1. The molecular formula is C11H11N3OS. The van der Waals surface area contributed by atoms with Crippen molar-refractivity contribution in [1.29, 1.82) is 0 Å². The van der Waals surface area contributed by atoms with E-state index in [2.05, 4.69) is 23.5 Å². The fourth-order valence-corrected chi connectivity index (χ4v) is 3.10. The monoisotopic (exact) mass is 233 g/mol. The third-order valence-electron chi connectivity index (χ3n) is 2.70. The van der Waals surface area contributed by atoms with E-state index in [4.69, 9.17) is 0 Å². The number of para-hydroxylation sites is 1. The molecule has 2 aliphatic heterocycles. The molecule has 2 heterocycles. The first kappa shape index (κ1) is 9.72. The number of fused-ring (bicyclic) bond motifs is 3. The summed E-state index contributed by atoms with van der Waals surface area (Å²) in [5.41, 5.74) is 3.62. The Morgan fingerprint density at radius 2 is 2.31 bits per heavy atom. The molecule has 1 aromatic carbocycles. The topological polar surface area (TPSA) is 44.7 Å². The van der Waals surface area contributed by atoms with E-state index in [1.165, 1.54) is 4.90 Å². The second kappa shape index (κ2) is 3.52. The first-order valence-corrected chi connectivity index (χ1v) is 6.03. The SMILES string of the molecule is CC1Sc2ccccc2N2CC(=O)NN=C12. The Labute approximate surface area is 97.7 Å². The molecule has 0 radical (unpaired) electrons. The average molecular weight is 233 g/mol. The molecule has 16 heavy (non-hydrogen) atoms. The van der Waals surface area contributed by atoms with Crippen LogP contribution in [-0.4, -0.2) is 23.5 Å². The largest absolute Gasteiger partial charge is 0.317 e. The Morgan fingerprint density at radius 3 is 3.19 bits per heavy atom. The van der Waals surface area contributed by atoms with Gasteiger partial charge in [0.05, 0.1) is 10.9 Å². The number of amides is 1. The zero-order valence-corrected chi connectivity index (χ0v) is 9.62. The summed E-state index contributed by atoms with van der Waals surface area (Å²) < 4.78 is 0. The lowest BCUT2D eigenvalue weighted by molar-refractivity contribution is -0.119. The lowest BCUT2D eigenvalue weighted by Crippen LogP contribution is -2.50. The Bertz CT molecular complexity index is 486. The number of nitrogens with zero attached hydrogens (tertiary/aromatic N) is 2. The molecule has 0 bridgehead atoms. The van der Waals surface area contributed by atoms with E-state index in [0.29, 0.717) is 6.54 Å². The van der Waals surface area contributed by atoms with Crippen LogP contribution in [0.3, 0.4) is 0 Å². The van der Waals surface area contributed by atoms with E-state index in [1.807, 2.05) is 23.1 Å². The Hall–Kier alpha value is -1.49. The van der Waals surface area contributed by atoms with Gasteiger partial charge in [-0.15, -0.1) is 11.8 Å². The third kappa shape index (κ3) is 1.39. The van der Waals surface area contributed by atoms with Crippen molar-refractivity contribution in [3.8, 4) is 0 Å². The van der Waals surface area contributed by atoms with Crippen molar-refractivity contribution in [2.24, 2.45) is 5.10 Å². The number of rotatable bonds is 0. The second-order valence-corrected chi connectivity index (χ2v) is 5.20. The number of hydrogen-bond donors (Lipinski definition) is 1. The zero-order chi connectivity index (χ0) is 11.1. The summed E-state index contributed by atoms with van der Waals surface area (Å²) in [4.78, 5) is 14.6. The highest BCUT2D eigenvalue weighted by atomic mass is 32.2. The highest BCUT2D eigenvalue weighted by Gasteiger charge is 2.32. The fourth-order valence-electron chi connectivity index (χ4n) is 1.98. The molecular weight excluding hydrogens is 222 g/mol. The van der Waals surface area contributed by atoms with Gasteiger partial charge in [0.2, 0.25) is 0 Å². The average Bonchev–Trinajstić information content (AvgIpc) is 2.29. The smallest absolute Gasteiger partial charge is 0.260 e. The molecule has 2 aliphatic rings. The van der Waals surface area contributed by atoms with Crippen molar-refractivity contribution in [1.82, 2.24) is 5.43 Å². The fraction of sp³-hybridized carbons (Fsp3) is 0.273. The Kier molecular flexibility index (Phi) is 2.14. The van der Waals surface area contributed by atoms with E-state index in [-0.39, 0.29) is 11.2 Å². The summed E-state index contributed by atoms with van der Waals surface area (Å²) in [5, 5.41) is 4.41. The highest BCUT2D eigenvalue weighted by Crippen LogP contribution is 2.39. The van der Waals surface area contributed by atoms with Crippen molar-refractivity contribution in [3.63, 3.8) is 0 Å². The molecule has 5 heteroatoms. The van der Waals surface area contributed by atoms with Gasteiger partial charge in [-0.1, -0.05) is 12.1 Å². The standard InChI is InChI=1S/C11H11N3OS/c1-7-11-13-12-10(15)6-14(11)8-4-2-3-5-9(8)16-7/h2-5,7H,6H2,1H3,(H,12,15).